The maximum absolute atomic E-state index is 13.8. The summed E-state index contributed by atoms with van der Waals surface area (Å²) < 4.78 is 26.8. The summed E-state index contributed by atoms with van der Waals surface area (Å²) in [5.74, 6) is -1.07. The SMILES string of the molecule is CNC1(c2cccc(-c3ccc(F)cc3F)c2)CC1. The lowest BCUT2D eigenvalue weighted by Crippen LogP contribution is -2.24. The first-order chi connectivity index (χ1) is 9.14. The minimum atomic E-state index is -0.550. The van der Waals surface area contributed by atoms with Crippen LogP contribution in [0.2, 0.25) is 0 Å². The van der Waals surface area contributed by atoms with E-state index < -0.39 is 11.6 Å². The molecule has 0 spiro atoms. The van der Waals surface area contributed by atoms with Gasteiger partial charge in [0.25, 0.3) is 0 Å². The number of hydrogen-bond donors (Lipinski definition) is 1. The molecule has 1 aliphatic carbocycles. The van der Waals surface area contributed by atoms with Gasteiger partial charge in [0, 0.05) is 17.2 Å². The molecule has 0 radical (unpaired) electrons. The van der Waals surface area contributed by atoms with Gasteiger partial charge in [-0.3, -0.25) is 0 Å². The highest BCUT2D eigenvalue weighted by molar-refractivity contribution is 5.65. The molecule has 0 atom stereocenters. The van der Waals surface area contributed by atoms with Crippen molar-refractivity contribution in [3.05, 3.63) is 59.7 Å². The molecule has 3 rings (SSSR count). The van der Waals surface area contributed by atoms with Crippen molar-refractivity contribution in [3.63, 3.8) is 0 Å². The lowest BCUT2D eigenvalue weighted by atomic mass is 9.98. The monoisotopic (exact) mass is 259 g/mol. The molecule has 0 aliphatic heterocycles. The van der Waals surface area contributed by atoms with Crippen LogP contribution in [0.3, 0.4) is 0 Å². The van der Waals surface area contributed by atoms with E-state index in [0.717, 1.165) is 30.0 Å². The fourth-order valence-corrected chi connectivity index (χ4v) is 2.52. The van der Waals surface area contributed by atoms with Crippen molar-refractivity contribution in [3.8, 4) is 11.1 Å². The summed E-state index contributed by atoms with van der Waals surface area (Å²) >= 11 is 0. The van der Waals surface area contributed by atoms with E-state index in [2.05, 4.69) is 11.4 Å². The molecule has 2 aromatic rings. The largest absolute Gasteiger partial charge is 0.310 e. The van der Waals surface area contributed by atoms with Crippen molar-refractivity contribution >= 4 is 0 Å². The van der Waals surface area contributed by atoms with Gasteiger partial charge in [0.05, 0.1) is 0 Å². The van der Waals surface area contributed by atoms with Crippen LogP contribution >= 0.6 is 0 Å². The van der Waals surface area contributed by atoms with Crippen molar-refractivity contribution in [2.45, 2.75) is 18.4 Å². The second-order valence-corrected chi connectivity index (χ2v) is 5.04. The fourth-order valence-electron chi connectivity index (χ4n) is 2.52. The molecule has 2 aromatic carbocycles. The molecule has 0 bridgehead atoms. The zero-order valence-electron chi connectivity index (χ0n) is 10.7. The minimum Gasteiger partial charge on any atom is -0.310 e. The quantitative estimate of drug-likeness (QED) is 0.883. The number of benzene rings is 2. The van der Waals surface area contributed by atoms with Crippen molar-refractivity contribution in [2.24, 2.45) is 0 Å². The highest BCUT2D eigenvalue weighted by atomic mass is 19.1. The molecule has 1 saturated carbocycles. The van der Waals surface area contributed by atoms with Crippen LogP contribution in [0.15, 0.2) is 42.5 Å². The number of halogens is 2. The summed E-state index contributed by atoms with van der Waals surface area (Å²) in [7, 11) is 1.94. The second-order valence-electron chi connectivity index (χ2n) is 5.04. The van der Waals surface area contributed by atoms with Crippen molar-refractivity contribution in [2.75, 3.05) is 7.05 Å². The van der Waals surface area contributed by atoms with E-state index in [1.807, 2.05) is 25.2 Å². The van der Waals surface area contributed by atoms with Gasteiger partial charge in [0.1, 0.15) is 11.6 Å². The summed E-state index contributed by atoms with van der Waals surface area (Å²) in [5, 5.41) is 3.32. The number of hydrogen-bond acceptors (Lipinski definition) is 1. The Kier molecular flexibility index (Phi) is 2.86. The van der Waals surface area contributed by atoms with Gasteiger partial charge in [-0.15, -0.1) is 0 Å². The van der Waals surface area contributed by atoms with E-state index >= 15 is 0 Å². The van der Waals surface area contributed by atoms with Crippen LogP contribution in [0.4, 0.5) is 8.78 Å². The molecule has 0 unspecified atom stereocenters. The van der Waals surface area contributed by atoms with Crippen LogP contribution in [0.1, 0.15) is 18.4 Å². The van der Waals surface area contributed by atoms with Crippen LogP contribution in [-0.4, -0.2) is 7.05 Å². The van der Waals surface area contributed by atoms with Crippen LogP contribution in [0, 0.1) is 11.6 Å². The Morgan fingerprint density at radius 2 is 1.84 bits per heavy atom. The summed E-state index contributed by atoms with van der Waals surface area (Å²) in [6.45, 7) is 0. The summed E-state index contributed by atoms with van der Waals surface area (Å²) in [6, 6.07) is 11.5. The maximum atomic E-state index is 13.8. The van der Waals surface area contributed by atoms with Crippen LogP contribution in [0.5, 0.6) is 0 Å². The van der Waals surface area contributed by atoms with Gasteiger partial charge in [-0.25, -0.2) is 8.78 Å². The third-order valence-electron chi connectivity index (χ3n) is 3.89. The van der Waals surface area contributed by atoms with E-state index in [9.17, 15) is 8.78 Å². The van der Waals surface area contributed by atoms with E-state index in [1.54, 1.807) is 0 Å². The van der Waals surface area contributed by atoms with Gasteiger partial charge in [0.2, 0.25) is 0 Å². The van der Waals surface area contributed by atoms with Crippen LogP contribution in [0.25, 0.3) is 11.1 Å². The summed E-state index contributed by atoms with van der Waals surface area (Å²) in [5.41, 5.74) is 2.44. The maximum Gasteiger partial charge on any atom is 0.133 e. The molecule has 3 heteroatoms. The molecule has 98 valence electrons. The van der Waals surface area contributed by atoms with E-state index in [0.29, 0.717) is 5.56 Å². The molecule has 0 heterocycles. The molecule has 1 N–H and O–H groups in total. The molecule has 1 nitrogen and oxygen atoms in total. The third-order valence-corrected chi connectivity index (χ3v) is 3.89. The van der Waals surface area contributed by atoms with Gasteiger partial charge >= 0.3 is 0 Å². The first kappa shape index (κ1) is 12.3. The minimum absolute atomic E-state index is 0.0481. The normalized spacial score (nSPS) is 16.4. The average molecular weight is 259 g/mol. The molecule has 1 aliphatic rings. The van der Waals surface area contributed by atoms with Crippen molar-refractivity contribution in [1.82, 2.24) is 5.32 Å². The summed E-state index contributed by atoms with van der Waals surface area (Å²) in [6.07, 6.45) is 2.19. The molecular weight excluding hydrogens is 244 g/mol. The van der Waals surface area contributed by atoms with E-state index in [4.69, 9.17) is 0 Å². The third kappa shape index (κ3) is 2.15. The Labute approximate surface area is 111 Å². The number of nitrogens with one attached hydrogen (secondary N) is 1. The van der Waals surface area contributed by atoms with Gasteiger partial charge in [-0.05, 0) is 49.2 Å². The molecule has 0 aromatic heterocycles. The molecule has 0 saturated heterocycles. The molecule has 19 heavy (non-hydrogen) atoms. The van der Waals surface area contributed by atoms with Crippen molar-refractivity contribution < 1.29 is 8.78 Å². The predicted molar refractivity (Wildman–Crippen MR) is 71.8 cm³/mol. The Morgan fingerprint density at radius 3 is 2.47 bits per heavy atom. The lowest BCUT2D eigenvalue weighted by molar-refractivity contribution is 0.583. The Bertz CT molecular complexity index is 618. The Balaban J connectivity index is 2.04. The topological polar surface area (TPSA) is 12.0 Å². The predicted octanol–water partition coefficient (Wildman–Crippen LogP) is 3.84. The van der Waals surface area contributed by atoms with Crippen molar-refractivity contribution in [1.29, 1.82) is 0 Å². The first-order valence-electron chi connectivity index (χ1n) is 6.39. The Morgan fingerprint density at radius 1 is 1.05 bits per heavy atom. The average Bonchev–Trinajstić information content (AvgIpc) is 3.20. The summed E-state index contributed by atoms with van der Waals surface area (Å²) in [4.78, 5) is 0. The lowest BCUT2D eigenvalue weighted by Gasteiger charge is -2.16. The smallest absolute Gasteiger partial charge is 0.133 e. The Hall–Kier alpha value is -1.74. The number of rotatable bonds is 3. The zero-order valence-corrected chi connectivity index (χ0v) is 10.7. The van der Waals surface area contributed by atoms with E-state index in [1.165, 1.54) is 12.1 Å². The zero-order chi connectivity index (χ0) is 13.5. The van der Waals surface area contributed by atoms with Gasteiger partial charge in [-0.2, -0.15) is 0 Å². The highest BCUT2D eigenvalue weighted by Crippen LogP contribution is 2.45. The fraction of sp³-hybridized carbons (Fsp3) is 0.250. The highest BCUT2D eigenvalue weighted by Gasteiger charge is 2.42. The van der Waals surface area contributed by atoms with Crippen LogP contribution in [-0.2, 0) is 5.54 Å². The molecule has 0 amide bonds. The first-order valence-corrected chi connectivity index (χ1v) is 6.39. The molecule has 1 fully saturated rings. The van der Waals surface area contributed by atoms with E-state index in [-0.39, 0.29) is 5.54 Å². The standard InChI is InChI=1S/C16H15F2N/c1-19-16(7-8-16)12-4-2-3-11(9-12)14-6-5-13(17)10-15(14)18/h2-6,9-10,19H,7-8H2,1H3. The van der Waals surface area contributed by atoms with Gasteiger partial charge < -0.3 is 5.32 Å². The second kappa shape index (κ2) is 4.42. The van der Waals surface area contributed by atoms with Gasteiger partial charge in [0.15, 0.2) is 0 Å². The van der Waals surface area contributed by atoms with Crippen LogP contribution < -0.4 is 5.32 Å². The van der Waals surface area contributed by atoms with Gasteiger partial charge in [-0.1, -0.05) is 18.2 Å². The molecular formula is C16H15F2N.